The van der Waals surface area contributed by atoms with Crippen LogP contribution in [0.5, 0.6) is 0 Å². The predicted octanol–water partition coefficient (Wildman–Crippen LogP) is 1.57. The number of hydrogen-bond acceptors (Lipinski definition) is 3. The second kappa shape index (κ2) is 4.05. The van der Waals surface area contributed by atoms with Crippen molar-refractivity contribution in [1.29, 1.82) is 0 Å². The van der Waals surface area contributed by atoms with Crippen molar-refractivity contribution in [1.82, 2.24) is 0 Å². The SMILES string of the molecule is NC(CC(=O)O)C(=O)C12CC3CC(CC(C3)C1)C2. The van der Waals surface area contributed by atoms with Crippen molar-refractivity contribution in [2.24, 2.45) is 28.9 Å². The molecule has 100 valence electrons. The summed E-state index contributed by atoms with van der Waals surface area (Å²) in [5.74, 6) is 1.14. The minimum absolute atomic E-state index is 0.0315. The van der Waals surface area contributed by atoms with E-state index in [4.69, 9.17) is 10.8 Å². The molecule has 0 aromatic rings. The summed E-state index contributed by atoms with van der Waals surface area (Å²) in [6, 6.07) is -0.807. The number of Topliss-reactive ketones (excluding diaryl/α,β-unsaturated/α-hetero) is 1. The first-order chi connectivity index (χ1) is 8.48. The van der Waals surface area contributed by atoms with E-state index in [-0.39, 0.29) is 17.6 Å². The van der Waals surface area contributed by atoms with Gasteiger partial charge in [-0.3, -0.25) is 9.59 Å². The average Bonchev–Trinajstić information content (AvgIpc) is 2.25. The Labute approximate surface area is 107 Å². The molecule has 4 saturated carbocycles. The second-order valence-electron chi connectivity index (χ2n) is 6.77. The Balaban J connectivity index is 1.78. The van der Waals surface area contributed by atoms with Crippen molar-refractivity contribution in [3.8, 4) is 0 Å². The molecule has 1 atom stereocenters. The van der Waals surface area contributed by atoms with Gasteiger partial charge in [-0.1, -0.05) is 0 Å². The number of nitrogens with two attached hydrogens (primary N) is 1. The van der Waals surface area contributed by atoms with E-state index in [9.17, 15) is 9.59 Å². The average molecular weight is 251 g/mol. The number of ketones is 1. The molecular formula is C14H21NO3. The third-order valence-electron chi connectivity index (χ3n) is 5.29. The van der Waals surface area contributed by atoms with Gasteiger partial charge < -0.3 is 10.8 Å². The standard InChI is InChI=1S/C14H21NO3/c15-11(4-12(16)17)13(18)14-5-8-1-9(6-14)3-10(2-8)7-14/h8-11H,1-7,15H2,(H,16,17). The van der Waals surface area contributed by atoms with E-state index in [1.807, 2.05) is 0 Å². The van der Waals surface area contributed by atoms with Crippen LogP contribution in [0.4, 0.5) is 0 Å². The predicted molar refractivity (Wildman–Crippen MR) is 65.8 cm³/mol. The van der Waals surface area contributed by atoms with Gasteiger partial charge in [-0.05, 0) is 56.3 Å². The number of carbonyl (C=O) groups excluding carboxylic acids is 1. The molecule has 18 heavy (non-hydrogen) atoms. The quantitative estimate of drug-likeness (QED) is 0.794. The van der Waals surface area contributed by atoms with E-state index in [1.165, 1.54) is 19.3 Å². The maximum absolute atomic E-state index is 12.5. The summed E-state index contributed by atoms with van der Waals surface area (Å²) in [6.07, 6.45) is 6.50. The number of hydrogen-bond donors (Lipinski definition) is 2. The maximum Gasteiger partial charge on any atom is 0.305 e. The van der Waals surface area contributed by atoms with Gasteiger partial charge in [0.25, 0.3) is 0 Å². The zero-order chi connectivity index (χ0) is 12.9. The van der Waals surface area contributed by atoms with Crippen molar-refractivity contribution in [3.05, 3.63) is 0 Å². The molecule has 3 N–H and O–H groups in total. The van der Waals surface area contributed by atoms with E-state index in [0.29, 0.717) is 17.8 Å². The largest absolute Gasteiger partial charge is 0.481 e. The number of carbonyl (C=O) groups is 2. The molecule has 1 unspecified atom stereocenters. The van der Waals surface area contributed by atoms with Gasteiger partial charge in [-0.15, -0.1) is 0 Å². The summed E-state index contributed by atoms with van der Waals surface area (Å²) in [7, 11) is 0. The number of rotatable bonds is 4. The lowest BCUT2D eigenvalue weighted by atomic mass is 9.48. The van der Waals surface area contributed by atoms with Gasteiger partial charge in [0.15, 0.2) is 5.78 Å². The maximum atomic E-state index is 12.5. The summed E-state index contributed by atoms with van der Waals surface area (Å²) in [4.78, 5) is 23.3. The highest BCUT2D eigenvalue weighted by Crippen LogP contribution is 2.60. The molecule has 0 spiro atoms. The van der Waals surface area contributed by atoms with Crippen LogP contribution in [0.2, 0.25) is 0 Å². The Kier molecular flexibility index (Phi) is 2.73. The molecule has 0 aromatic carbocycles. The molecule has 4 rings (SSSR count). The fraction of sp³-hybridized carbons (Fsp3) is 0.857. The summed E-state index contributed by atoms with van der Waals surface area (Å²) in [5, 5.41) is 8.78. The van der Waals surface area contributed by atoms with Crippen LogP contribution >= 0.6 is 0 Å². The third kappa shape index (κ3) is 1.87. The van der Waals surface area contributed by atoms with Crippen LogP contribution in [0.25, 0.3) is 0 Å². The van der Waals surface area contributed by atoms with Gasteiger partial charge in [-0.25, -0.2) is 0 Å². The molecule has 4 nitrogen and oxygen atoms in total. The highest BCUT2D eigenvalue weighted by Gasteiger charge is 2.55. The van der Waals surface area contributed by atoms with Gasteiger partial charge in [-0.2, -0.15) is 0 Å². The molecule has 0 aliphatic heterocycles. The van der Waals surface area contributed by atoms with E-state index >= 15 is 0 Å². The monoisotopic (exact) mass is 251 g/mol. The molecule has 0 amide bonds. The van der Waals surface area contributed by atoms with Crippen molar-refractivity contribution in [2.75, 3.05) is 0 Å². The molecule has 0 radical (unpaired) electrons. The van der Waals surface area contributed by atoms with Crippen LogP contribution in [0.15, 0.2) is 0 Å². The van der Waals surface area contributed by atoms with Gasteiger partial charge in [0, 0.05) is 5.41 Å². The Bertz CT molecular complexity index is 355. The van der Waals surface area contributed by atoms with Crippen molar-refractivity contribution < 1.29 is 14.7 Å². The van der Waals surface area contributed by atoms with Crippen LogP contribution < -0.4 is 5.73 Å². The highest BCUT2D eigenvalue weighted by molar-refractivity contribution is 5.92. The zero-order valence-corrected chi connectivity index (χ0v) is 10.6. The van der Waals surface area contributed by atoms with E-state index in [1.54, 1.807) is 0 Å². The van der Waals surface area contributed by atoms with Gasteiger partial charge in [0.05, 0.1) is 12.5 Å². The number of carboxylic acids is 1. The summed E-state index contributed by atoms with van der Waals surface area (Å²) < 4.78 is 0. The first kappa shape index (κ1) is 12.2. The van der Waals surface area contributed by atoms with Crippen LogP contribution in [-0.2, 0) is 9.59 Å². The number of aliphatic carboxylic acids is 1. The highest BCUT2D eigenvalue weighted by atomic mass is 16.4. The Morgan fingerprint density at radius 3 is 1.94 bits per heavy atom. The van der Waals surface area contributed by atoms with Gasteiger partial charge >= 0.3 is 5.97 Å². The second-order valence-corrected chi connectivity index (χ2v) is 6.77. The van der Waals surface area contributed by atoms with E-state index in [2.05, 4.69) is 0 Å². The lowest BCUT2D eigenvalue weighted by Crippen LogP contribution is -2.54. The normalized spacial score (nSPS) is 42.8. The van der Waals surface area contributed by atoms with Crippen LogP contribution in [0.1, 0.15) is 44.9 Å². The van der Waals surface area contributed by atoms with Gasteiger partial charge in [0.2, 0.25) is 0 Å². The zero-order valence-electron chi connectivity index (χ0n) is 10.6. The summed E-state index contributed by atoms with van der Waals surface area (Å²) in [6.45, 7) is 0. The van der Waals surface area contributed by atoms with Crippen LogP contribution in [0, 0.1) is 23.2 Å². The molecule has 4 aliphatic carbocycles. The Morgan fingerprint density at radius 1 is 1.11 bits per heavy atom. The van der Waals surface area contributed by atoms with Crippen molar-refractivity contribution in [2.45, 2.75) is 51.0 Å². The van der Waals surface area contributed by atoms with Gasteiger partial charge in [0.1, 0.15) is 0 Å². The molecule has 0 aromatic heterocycles. The Morgan fingerprint density at radius 2 is 1.56 bits per heavy atom. The summed E-state index contributed by atoms with van der Waals surface area (Å²) in [5.41, 5.74) is 5.55. The van der Waals surface area contributed by atoms with Crippen LogP contribution in [0.3, 0.4) is 0 Å². The molecule has 0 saturated heterocycles. The topological polar surface area (TPSA) is 80.4 Å². The fourth-order valence-corrected chi connectivity index (χ4v) is 5.09. The van der Waals surface area contributed by atoms with Crippen LogP contribution in [-0.4, -0.2) is 22.9 Å². The minimum Gasteiger partial charge on any atom is -0.481 e. The molecule has 4 heteroatoms. The Hall–Kier alpha value is -0.900. The molecule has 0 heterocycles. The molecule has 4 bridgehead atoms. The van der Waals surface area contributed by atoms with E-state index in [0.717, 1.165) is 19.3 Å². The third-order valence-corrected chi connectivity index (χ3v) is 5.29. The molecule has 4 aliphatic rings. The molecular weight excluding hydrogens is 230 g/mol. The number of carboxylic acid groups (broad SMARTS) is 1. The first-order valence-corrected chi connectivity index (χ1v) is 7.00. The van der Waals surface area contributed by atoms with E-state index < -0.39 is 12.0 Å². The first-order valence-electron chi connectivity index (χ1n) is 7.00. The smallest absolute Gasteiger partial charge is 0.305 e. The minimum atomic E-state index is -0.972. The molecule has 4 fully saturated rings. The summed E-state index contributed by atoms with van der Waals surface area (Å²) >= 11 is 0. The lowest BCUT2D eigenvalue weighted by molar-refractivity contribution is -0.148. The fourth-order valence-electron chi connectivity index (χ4n) is 5.09. The lowest BCUT2D eigenvalue weighted by Gasteiger charge is -2.56. The van der Waals surface area contributed by atoms with Crippen molar-refractivity contribution >= 4 is 11.8 Å². The van der Waals surface area contributed by atoms with Crippen molar-refractivity contribution in [3.63, 3.8) is 0 Å².